The van der Waals surface area contributed by atoms with Crippen molar-refractivity contribution in [1.29, 1.82) is 0 Å². The van der Waals surface area contributed by atoms with E-state index >= 15 is 0 Å². The first kappa shape index (κ1) is 24.5. The van der Waals surface area contributed by atoms with E-state index in [-0.39, 0.29) is 12.1 Å². The van der Waals surface area contributed by atoms with Crippen molar-refractivity contribution in [3.63, 3.8) is 0 Å². The number of ether oxygens (including phenoxy) is 1. The zero-order chi connectivity index (χ0) is 23.6. The lowest BCUT2D eigenvalue weighted by atomic mass is 9.99. The van der Waals surface area contributed by atoms with Gasteiger partial charge in [-0.05, 0) is 55.4 Å². The molecule has 0 saturated carbocycles. The lowest BCUT2D eigenvalue weighted by Crippen LogP contribution is -2.65. The first-order valence-electron chi connectivity index (χ1n) is 11.5. The van der Waals surface area contributed by atoms with Crippen molar-refractivity contribution < 1.29 is 19.4 Å². The molecule has 0 spiro atoms. The van der Waals surface area contributed by atoms with Gasteiger partial charge < -0.3 is 19.5 Å². The topological polar surface area (TPSA) is 70.0 Å². The van der Waals surface area contributed by atoms with Crippen LogP contribution in [0.3, 0.4) is 0 Å². The van der Waals surface area contributed by atoms with Crippen molar-refractivity contribution in [1.82, 2.24) is 4.90 Å². The highest BCUT2D eigenvalue weighted by molar-refractivity contribution is 6.98. The summed E-state index contributed by atoms with van der Waals surface area (Å²) in [5, 5.41) is 12.1. The molecule has 0 aliphatic carbocycles. The van der Waals surface area contributed by atoms with Crippen LogP contribution in [0.25, 0.3) is 0 Å². The van der Waals surface area contributed by atoms with Crippen LogP contribution < -0.4 is 10.4 Å². The molecule has 6 heteroatoms. The number of nitrogens with zero attached hydrogens (tertiary/aromatic N) is 1. The largest absolute Gasteiger partial charge is 0.444 e. The molecule has 2 N–H and O–H groups in total. The molecule has 1 aliphatic rings. The van der Waals surface area contributed by atoms with Crippen LogP contribution in [-0.2, 0) is 4.74 Å². The van der Waals surface area contributed by atoms with Gasteiger partial charge in [-0.15, -0.1) is 0 Å². The van der Waals surface area contributed by atoms with Gasteiger partial charge in [-0.3, -0.25) is 0 Å². The maximum Gasteiger partial charge on any atom is 0.410 e. The molecule has 2 aromatic carbocycles. The minimum Gasteiger partial charge on any atom is -0.444 e. The van der Waals surface area contributed by atoms with E-state index in [1.807, 2.05) is 81.4 Å². The fourth-order valence-electron chi connectivity index (χ4n) is 4.73. The molecule has 1 amide bonds. The van der Waals surface area contributed by atoms with Gasteiger partial charge >= 0.3 is 6.09 Å². The van der Waals surface area contributed by atoms with Crippen molar-refractivity contribution in [2.75, 3.05) is 6.54 Å². The maximum atomic E-state index is 12.7. The summed E-state index contributed by atoms with van der Waals surface area (Å²) in [6, 6.07) is 19.5. The van der Waals surface area contributed by atoms with Crippen LogP contribution in [0.1, 0.15) is 53.9 Å². The molecule has 32 heavy (non-hydrogen) atoms. The Hall–Kier alpha value is -2.15. The predicted octanol–water partition coefficient (Wildman–Crippen LogP) is 3.67. The van der Waals surface area contributed by atoms with E-state index in [4.69, 9.17) is 4.74 Å². The molecule has 3 rings (SSSR count). The monoisotopic (exact) mass is 455 g/mol. The van der Waals surface area contributed by atoms with E-state index in [1.54, 1.807) is 4.90 Å². The number of rotatable bonds is 6. The number of carbonyl (C=O) groups excluding carboxylic acids is 1. The second kappa shape index (κ2) is 9.38. The quantitative estimate of drug-likeness (QED) is 0.652. The maximum absolute atomic E-state index is 12.7. The standard InChI is InChI=1S/C26H37NO4Si/c1-25(2,3)31-24(29)27-19-17-23(28)22(27)16-18-26(4,5)32(30,20-12-8-6-9-13-20)21-14-10-7-11-15-21/h6-15,22-23,28,30H,16-19H2,1-5H3/t22-,23+/m1/s1. The molecular formula is C26H37NO4Si. The Kier molecular flexibility index (Phi) is 7.17. The fraction of sp³-hybridized carbons (Fsp3) is 0.500. The number of hydrogen-bond donors (Lipinski definition) is 2. The third-order valence-corrected chi connectivity index (χ3v) is 11.1. The van der Waals surface area contributed by atoms with E-state index < -0.39 is 25.1 Å². The summed E-state index contributed by atoms with van der Waals surface area (Å²) in [4.78, 5) is 26.7. The van der Waals surface area contributed by atoms with Crippen molar-refractivity contribution in [3.05, 3.63) is 60.7 Å². The Bertz CT molecular complexity index is 856. The van der Waals surface area contributed by atoms with Crippen LogP contribution in [0.4, 0.5) is 4.79 Å². The average molecular weight is 456 g/mol. The predicted molar refractivity (Wildman–Crippen MR) is 131 cm³/mol. The summed E-state index contributed by atoms with van der Waals surface area (Å²) in [5.41, 5.74) is -0.581. The number of likely N-dealkylation sites (tertiary alicyclic amines) is 1. The first-order chi connectivity index (χ1) is 15.0. The third kappa shape index (κ3) is 5.08. The van der Waals surface area contributed by atoms with Crippen molar-refractivity contribution in [3.8, 4) is 0 Å². The molecule has 0 radical (unpaired) electrons. The number of amides is 1. The molecule has 2 atom stereocenters. The number of hydrogen-bond acceptors (Lipinski definition) is 4. The summed E-state index contributed by atoms with van der Waals surface area (Å²) in [6.45, 7) is 10.2. The molecule has 5 nitrogen and oxygen atoms in total. The van der Waals surface area contributed by atoms with Crippen LogP contribution in [0.5, 0.6) is 0 Å². The van der Waals surface area contributed by atoms with E-state index in [0.29, 0.717) is 25.8 Å². The van der Waals surface area contributed by atoms with E-state index in [9.17, 15) is 14.7 Å². The summed E-state index contributed by atoms with van der Waals surface area (Å²) < 4.78 is 5.57. The molecule has 1 aliphatic heterocycles. The second-order valence-electron chi connectivity index (χ2n) is 10.5. The number of carbonyl (C=O) groups is 1. The summed E-state index contributed by atoms with van der Waals surface area (Å²) in [5.74, 6) is 0. The van der Waals surface area contributed by atoms with Gasteiger partial charge in [-0.1, -0.05) is 74.5 Å². The van der Waals surface area contributed by atoms with Crippen LogP contribution in [-0.4, -0.2) is 53.5 Å². The number of benzene rings is 2. The van der Waals surface area contributed by atoms with Gasteiger partial charge in [0.2, 0.25) is 0 Å². The Morgan fingerprint density at radius 2 is 1.50 bits per heavy atom. The van der Waals surface area contributed by atoms with Gasteiger partial charge in [0.05, 0.1) is 12.1 Å². The summed E-state index contributed by atoms with van der Waals surface area (Å²) in [6.07, 6.45) is 0.851. The molecule has 0 unspecified atom stereocenters. The van der Waals surface area contributed by atoms with Gasteiger partial charge in [0.15, 0.2) is 0 Å². The number of aliphatic hydroxyl groups is 1. The first-order valence-corrected chi connectivity index (χ1v) is 13.4. The van der Waals surface area contributed by atoms with Crippen molar-refractivity contribution >= 4 is 24.8 Å². The zero-order valence-electron chi connectivity index (χ0n) is 19.9. The van der Waals surface area contributed by atoms with Crippen molar-refractivity contribution in [2.45, 2.75) is 76.7 Å². The fourth-order valence-corrected chi connectivity index (χ4v) is 8.48. The highest BCUT2D eigenvalue weighted by atomic mass is 28.4. The van der Waals surface area contributed by atoms with Crippen LogP contribution in [0.2, 0.25) is 5.04 Å². The molecule has 1 heterocycles. The van der Waals surface area contributed by atoms with E-state index in [2.05, 4.69) is 13.8 Å². The second-order valence-corrected chi connectivity index (χ2v) is 14.4. The van der Waals surface area contributed by atoms with Crippen LogP contribution >= 0.6 is 0 Å². The Morgan fingerprint density at radius 1 is 1.00 bits per heavy atom. The minimum atomic E-state index is -3.13. The molecular weight excluding hydrogens is 418 g/mol. The SMILES string of the molecule is CC(C)(C)OC(=O)N1CC[C@H](O)[C@H]1CCC(C)(C)[Si](O)(c1ccccc1)c1ccccc1. The molecule has 174 valence electrons. The third-order valence-electron chi connectivity index (χ3n) is 6.57. The minimum absolute atomic E-state index is 0.311. The van der Waals surface area contributed by atoms with E-state index in [0.717, 1.165) is 10.4 Å². The molecule has 1 saturated heterocycles. The number of aliphatic hydroxyl groups excluding tert-OH is 1. The lowest BCUT2D eigenvalue weighted by molar-refractivity contribution is 0.0138. The molecule has 0 aromatic heterocycles. The smallest absolute Gasteiger partial charge is 0.410 e. The Balaban J connectivity index is 1.86. The highest BCUT2D eigenvalue weighted by Crippen LogP contribution is 2.41. The van der Waals surface area contributed by atoms with Gasteiger partial charge in [0.25, 0.3) is 8.32 Å². The summed E-state index contributed by atoms with van der Waals surface area (Å²) >= 11 is 0. The Labute approximate surface area is 193 Å². The van der Waals surface area contributed by atoms with E-state index in [1.165, 1.54) is 0 Å². The zero-order valence-corrected chi connectivity index (χ0v) is 20.9. The van der Waals surface area contributed by atoms with Crippen LogP contribution in [0.15, 0.2) is 60.7 Å². The average Bonchev–Trinajstić information content (AvgIpc) is 3.12. The van der Waals surface area contributed by atoms with Gasteiger partial charge in [0, 0.05) is 6.54 Å². The van der Waals surface area contributed by atoms with Gasteiger partial charge in [-0.25, -0.2) is 4.79 Å². The summed E-state index contributed by atoms with van der Waals surface area (Å²) in [7, 11) is -3.13. The van der Waals surface area contributed by atoms with Gasteiger partial charge in [-0.2, -0.15) is 0 Å². The molecule has 0 bridgehead atoms. The lowest BCUT2D eigenvalue weighted by Gasteiger charge is -2.42. The Morgan fingerprint density at radius 3 is 1.97 bits per heavy atom. The molecule has 1 fully saturated rings. The van der Waals surface area contributed by atoms with Gasteiger partial charge in [0.1, 0.15) is 5.60 Å². The molecule has 2 aromatic rings. The normalized spacial score (nSPS) is 19.8. The van der Waals surface area contributed by atoms with Crippen molar-refractivity contribution in [2.24, 2.45) is 0 Å². The van der Waals surface area contributed by atoms with Crippen LogP contribution in [0, 0.1) is 0 Å². The highest BCUT2D eigenvalue weighted by Gasteiger charge is 2.50.